The molecular formula is C21H25N3O4. The van der Waals surface area contributed by atoms with Crippen molar-refractivity contribution in [1.82, 2.24) is 15.3 Å². The Morgan fingerprint density at radius 2 is 1.68 bits per heavy atom. The Morgan fingerprint density at radius 3 is 2.21 bits per heavy atom. The number of nitrogens with zero attached hydrogens (tertiary/aromatic N) is 1. The van der Waals surface area contributed by atoms with Gasteiger partial charge >= 0.3 is 0 Å². The van der Waals surface area contributed by atoms with E-state index in [2.05, 4.69) is 15.3 Å². The van der Waals surface area contributed by atoms with E-state index in [1.54, 1.807) is 12.1 Å². The SMILES string of the molecule is COc1cc(C(=O)N[C@H](c2nc3ccccc3[nH]2)C(C)C)cc(OC)c1OC. The van der Waals surface area contributed by atoms with Gasteiger partial charge in [-0.05, 0) is 30.2 Å². The lowest BCUT2D eigenvalue weighted by Crippen LogP contribution is -2.32. The third-order valence-corrected chi connectivity index (χ3v) is 4.58. The highest BCUT2D eigenvalue weighted by Gasteiger charge is 2.24. The van der Waals surface area contributed by atoms with Gasteiger partial charge in [0.1, 0.15) is 5.82 Å². The molecule has 0 saturated heterocycles. The molecule has 3 aromatic rings. The van der Waals surface area contributed by atoms with Crippen LogP contribution in [-0.2, 0) is 0 Å². The van der Waals surface area contributed by atoms with Crippen LogP contribution in [0.3, 0.4) is 0 Å². The molecule has 0 unspecified atom stereocenters. The molecule has 0 aliphatic carbocycles. The zero-order chi connectivity index (χ0) is 20.3. The molecule has 3 rings (SSSR count). The number of imidazole rings is 1. The molecular weight excluding hydrogens is 358 g/mol. The number of ether oxygens (including phenoxy) is 3. The Bertz CT molecular complexity index is 923. The number of benzene rings is 2. The molecule has 0 saturated carbocycles. The highest BCUT2D eigenvalue weighted by atomic mass is 16.5. The lowest BCUT2D eigenvalue weighted by atomic mass is 10.0. The fourth-order valence-electron chi connectivity index (χ4n) is 3.11. The minimum atomic E-state index is -0.279. The first-order valence-corrected chi connectivity index (χ1v) is 9.04. The normalized spacial score (nSPS) is 12.1. The summed E-state index contributed by atoms with van der Waals surface area (Å²) in [5, 5.41) is 3.07. The molecule has 0 aliphatic heterocycles. The minimum absolute atomic E-state index is 0.131. The van der Waals surface area contributed by atoms with Crippen LogP contribution in [0.15, 0.2) is 36.4 Å². The average Bonchev–Trinajstić information content (AvgIpc) is 3.13. The van der Waals surface area contributed by atoms with E-state index in [0.29, 0.717) is 22.8 Å². The zero-order valence-electron chi connectivity index (χ0n) is 16.7. The number of methoxy groups -OCH3 is 3. The number of hydrogen-bond donors (Lipinski definition) is 2. The van der Waals surface area contributed by atoms with Crippen LogP contribution in [0.1, 0.15) is 36.1 Å². The van der Waals surface area contributed by atoms with E-state index < -0.39 is 0 Å². The number of hydrogen-bond acceptors (Lipinski definition) is 5. The van der Waals surface area contributed by atoms with E-state index in [-0.39, 0.29) is 17.9 Å². The summed E-state index contributed by atoms with van der Waals surface area (Å²) < 4.78 is 16.0. The van der Waals surface area contributed by atoms with E-state index in [1.807, 2.05) is 38.1 Å². The molecule has 1 heterocycles. The van der Waals surface area contributed by atoms with Crippen molar-refractivity contribution in [2.75, 3.05) is 21.3 Å². The summed E-state index contributed by atoms with van der Waals surface area (Å²) in [7, 11) is 4.56. The van der Waals surface area contributed by atoms with Crippen LogP contribution in [0, 0.1) is 5.92 Å². The van der Waals surface area contributed by atoms with Crippen LogP contribution in [0.5, 0.6) is 17.2 Å². The van der Waals surface area contributed by atoms with Gasteiger partial charge in [0.2, 0.25) is 5.75 Å². The Kier molecular flexibility index (Phi) is 5.73. The van der Waals surface area contributed by atoms with Gasteiger partial charge in [-0.3, -0.25) is 4.79 Å². The lowest BCUT2D eigenvalue weighted by Gasteiger charge is -2.21. The number of fused-ring (bicyclic) bond motifs is 1. The third-order valence-electron chi connectivity index (χ3n) is 4.58. The minimum Gasteiger partial charge on any atom is -0.493 e. The molecule has 2 aromatic carbocycles. The van der Waals surface area contributed by atoms with Crippen molar-refractivity contribution < 1.29 is 19.0 Å². The van der Waals surface area contributed by atoms with Gasteiger partial charge in [0.25, 0.3) is 5.91 Å². The van der Waals surface area contributed by atoms with Crippen LogP contribution >= 0.6 is 0 Å². The van der Waals surface area contributed by atoms with E-state index >= 15 is 0 Å². The fraction of sp³-hybridized carbons (Fsp3) is 0.333. The van der Waals surface area contributed by atoms with Gasteiger partial charge in [0.15, 0.2) is 11.5 Å². The summed E-state index contributed by atoms with van der Waals surface area (Å²) in [6.45, 7) is 4.07. The number of H-pyrrole nitrogens is 1. The molecule has 2 N–H and O–H groups in total. The quantitative estimate of drug-likeness (QED) is 0.650. The Morgan fingerprint density at radius 1 is 1.04 bits per heavy atom. The fourth-order valence-corrected chi connectivity index (χ4v) is 3.11. The molecule has 28 heavy (non-hydrogen) atoms. The highest BCUT2D eigenvalue weighted by Crippen LogP contribution is 2.38. The molecule has 1 amide bonds. The largest absolute Gasteiger partial charge is 0.493 e. The summed E-state index contributed by atoms with van der Waals surface area (Å²) >= 11 is 0. The summed E-state index contributed by atoms with van der Waals surface area (Å²) in [6, 6.07) is 10.8. The third kappa shape index (κ3) is 3.74. The van der Waals surface area contributed by atoms with Crippen molar-refractivity contribution in [3.8, 4) is 17.2 Å². The first-order valence-electron chi connectivity index (χ1n) is 9.04. The Labute approximate surface area is 164 Å². The summed E-state index contributed by atoms with van der Waals surface area (Å²) in [5.41, 5.74) is 2.21. The van der Waals surface area contributed by atoms with Gasteiger partial charge in [-0.15, -0.1) is 0 Å². The van der Waals surface area contributed by atoms with Gasteiger partial charge < -0.3 is 24.5 Å². The summed E-state index contributed by atoms with van der Waals surface area (Å²) in [4.78, 5) is 20.9. The van der Waals surface area contributed by atoms with E-state index in [1.165, 1.54) is 21.3 Å². The molecule has 0 fully saturated rings. The molecule has 0 bridgehead atoms. The molecule has 148 valence electrons. The molecule has 0 spiro atoms. The zero-order valence-corrected chi connectivity index (χ0v) is 16.7. The predicted octanol–water partition coefficient (Wildman–Crippen LogP) is 3.72. The number of aromatic nitrogens is 2. The monoisotopic (exact) mass is 383 g/mol. The van der Waals surface area contributed by atoms with E-state index in [9.17, 15) is 4.79 Å². The van der Waals surface area contributed by atoms with Gasteiger partial charge in [0, 0.05) is 5.56 Å². The maximum absolute atomic E-state index is 13.0. The van der Waals surface area contributed by atoms with Gasteiger partial charge in [-0.25, -0.2) is 4.98 Å². The second-order valence-corrected chi connectivity index (χ2v) is 6.75. The standard InChI is InChI=1S/C21H25N3O4/c1-12(2)18(20-22-14-8-6-7-9-15(14)23-20)24-21(25)13-10-16(26-3)19(28-5)17(11-13)27-4/h6-12,18H,1-5H3,(H,22,23)(H,24,25)/t18-/m0/s1. The molecule has 1 aromatic heterocycles. The van der Waals surface area contributed by atoms with Crippen molar-refractivity contribution in [2.24, 2.45) is 5.92 Å². The predicted molar refractivity (Wildman–Crippen MR) is 107 cm³/mol. The number of aromatic amines is 1. The first kappa shape index (κ1) is 19.5. The van der Waals surface area contributed by atoms with Gasteiger partial charge in [-0.2, -0.15) is 0 Å². The number of nitrogens with one attached hydrogen (secondary N) is 2. The van der Waals surface area contributed by atoms with E-state index in [4.69, 9.17) is 14.2 Å². The number of carbonyl (C=O) groups excluding carboxylic acids is 1. The number of rotatable bonds is 7. The van der Waals surface area contributed by atoms with Crippen LogP contribution in [-0.4, -0.2) is 37.2 Å². The average molecular weight is 383 g/mol. The van der Waals surface area contributed by atoms with Crippen molar-refractivity contribution in [3.05, 3.63) is 47.8 Å². The number of amides is 1. The van der Waals surface area contributed by atoms with Gasteiger partial charge in [-0.1, -0.05) is 26.0 Å². The summed E-state index contributed by atoms with van der Waals surface area (Å²) in [5.74, 6) is 1.90. The second kappa shape index (κ2) is 8.21. The van der Waals surface area contributed by atoms with Crippen molar-refractivity contribution in [2.45, 2.75) is 19.9 Å². The maximum atomic E-state index is 13.0. The molecule has 0 aliphatic rings. The van der Waals surface area contributed by atoms with Crippen LogP contribution in [0.2, 0.25) is 0 Å². The topological polar surface area (TPSA) is 85.5 Å². The highest BCUT2D eigenvalue weighted by molar-refractivity contribution is 5.96. The Hall–Kier alpha value is -3.22. The van der Waals surface area contributed by atoms with Crippen LogP contribution < -0.4 is 19.5 Å². The molecule has 1 atom stereocenters. The molecule has 0 radical (unpaired) electrons. The van der Waals surface area contributed by atoms with E-state index in [0.717, 1.165) is 16.9 Å². The van der Waals surface area contributed by atoms with Crippen LogP contribution in [0.25, 0.3) is 11.0 Å². The number of para-hydroxylation sites is 2. The summed E-state index contributed by atoms with van der Waals surface area (Å²) in [6.07, 6.45) is 0. The van der Waals surface area contributed by atoms with Gasteiger partial charge in [0.05, 0.1) is 38.4 Å². The van der Waals surface area contributed by atoms with Crippen molar-refractivity contribution in [1.29, 1.82) is 0 Å². The lowest BCUT2D eigenvalue weighted by molar-refractivity contribution is 0.0922. The second-order valence-electron chi connectivity index (χ2n) is 6.75. The van der Waals surface area contributed by atoms with Crippen molar-refractivity contribution in [3.63, 3.8) is 0 Å². The Balaban J connectivity index is 1.92. The number of carbonyl (C=O) groups is 1. The maximum Gasteiger partial charge on any atom is 0.252 e. The molecule has 7 nitrogen and oxygen atoms in total. The van der Waals surface area contributed by atoms with Crippen LogP contribution in [0.4, 0.5) is 0 Å². The van der Waals surface area contributed by atoms with Crippen molar-refractivity contribution >= 4 is 16.9 Å². The molecule has 7 heteroatoms. The smallest absolute Gasteiger partial charge is 0.252 e. The first-order chi connectivity index (χ1) is 13.5.